The first-order valence-corrected chi connectivity index (χ1v) is 10.5. The Hall–Kier alpha value is -1.18. The van der Waals surface area contributed by atoms with Gasteiger partial charge in [0, 0.05) is 5.56 Å². The van der Waals surface area contributed by atoms with E-state index >= 15 is 0 Å². The molecule has 0 spiro atoms. The Morgan fingerprint density at radius 3 is 2.21 bits per heavy atom. The van der Waals surface area contributed by atoms with Crippen molar-refractivity contribution in [2.24, 2.45) is 0 Å². The van der Waals surface area contributed by atoms with Gasteiger partial charge < -0.3 is 29.9 Å². The molecule has 1 radical (unpaired) electrons. The van der Waals surface area contributed by atoms with Gasteiger partial charge in [-0.3, -0.25) is 0 Å². The first-order chi connectivity index (χ1) is 13.6. The first kappa shape index (κ1) is 23.1. The van der Waals surface area contributed by atoms with Gasteiger partial charge in [0.1, 0.15) is 30.2 Å². The maximum atomic E-state index is 10.3. The SMILES string of the molecule is CCCCCCCCCCOc1ccccc1[C]1O[C@H](CO)[C@@H](O)[C@H](O)[C@@H]1O. The second kappa shape index (κ2) is 12.4. The number of unbranched alkanes of at least 4 members (excludes halogenated alkanes) is 7. The van der Waals surface area contributed by atoms with E-state index in [-0.39, 0.29) is 6.10 Å². The van der Waals surface area contributed by atoms with Crippen molar-refractivity contribution in [2.75, 3.05) is 13.2 Å². The third-order valence-corrected chi connectivity index (χ3v) is 5.19. The molecule has 1 heterocycles. The molecule has 0 amide bonds. The molecule has 6 nitrogen and oxygen atoms in total. The van der Waals surface area contributed by atoms with Crippen LogP contribution < -0.4 is 4.74 Å². The molecule has 159 valence electrons. The highest BCUT2D eigenvalue weighted by Gasteiger charge is 2.45. The van der Waals surface area contributed by atoms with Crippen LogP contribution in [0.15, 0.2) is 24.3 Å². The van der Waals surface area contributed by atoms with E-state index in [1.54, 1.807) is 18.2 Å². The zero-order valence-electron chi connectivity index (χ0n) is 16.8. The van der Waals surface area contributed by atoms with Crippen molar-refractivity contribution in [3.05, 3.63) is 35.9 Å². The second-order valence-corrected chi connectivity index (χ2v) is 7.45. The fourth-order valence-electron chi connectivity index (χ4n) is 3.45. The van der Waals surface area contributed by atoms with Gasteiger partial charge in [-0.1, -0.05) is 70.1 Å². The predicted octanol–water partition coefficient (Wildman–Crippen LogP) is 2.56. The molecule has 2 rings (SSSR count). The Morgan fingerprint density at radius 1 is 0.893 bits per heavy atom. The minimum absolute atomic E-state index is 0.114. The van der Waals surface area contributed by atoms with Gasteiger partial charge in [0.25, 0.3) is 0 Å². The Kier molecular flexibility index (Phi) is 10.2. The Labute approximate surface area is 168 Å². The molecule has 1 aliphatic rings. The van der Waals surface area contributed by atoms with Crippen molar-refractivity contribution in [3.8, 4) is 5.75 Å². The van der Waals surface area contributed by atoms with Crippen LogP contribution in [0.2, 0.25) is 0 Å². The summed E-state index contributed by atoms with van der Waals surface area (Å²) in [6, 6.07) is 7.14. The second-order valence-electron chi connectivity index (χ2n) is 7.45. The number of aliphatic hydroxyl groups is 4. The van der Waals surface area contributed by atoms with Crippen LogP contribution in [0.4, 0.5) is 0 Å². The van der Waals surface area contributed by atoms with Crippen LogP contribution >= 0.6 is 0 Å². The molecule has 0 saturated carbocycles. The van der Waals surface area contributed by atoms with Gasteiger partial charge in [-0.15, -0.1) is 0 Å². The van der Waals surface area contributed by atoms with E-state index in [2.05, 4.69) is 6.92 Å². The fourth-order valence-corrected chi connectivity index (χ4v) is 3.45. The van der Waals surface area contributed by atoms with Gasteiger partial charge in [0.05, 0.1) is 13.2 Å². The van der Waals surface area contributed by atoms with Crippen molar-refractivity contribution in [3.63, 3.8) is 0 Å². The summed E-state index contributed by atoms with van der Waals surface area (Å²) in [6.45, 7) is 2.32. The summed E-state index contributed by atoms with van der Waals surface area (Å²) < 4.78 is 11.5. The summed E-state index contributed by atoms with van der Waals surface area (Å²) in [7, 11) is 0. The minimum atomic E-state index is -1.43. The van der Waals surface area contributed by atoms with Gasteiger partial charge in [0.15, 0.2) is 6.10 Å². The summed E-state index contributed by atoms with van der Waals surface area (Å²) in [5.41, 5.74) is 0.527. The van der Waals surface area contributed by atoms with Crippen molar-refractivity contribution in [2.45, 2.75) is 82.7 Å². The molecule has 1 aromatic carbocycles. The van der Waals surface area contributed by atoms with Crippen molar-refractivity contribution in [1.29, 1.82) is 0 Å². The van der Waals surface area contributed by atoms with Crippen LogP contribution in [0.5, 0.6) is 5.75 Å². The number of benzene rings is 1. The lowest BCUT2D eigenvalue weighted by atomic mass is 9.91. The maximum Gasteiger partial charge on any atom is 0.161 e. The highest BCUT2D eigenvalue weighted by molar-refractivity contribution is 5.43. The number of para-hydroxylation sites is 1. The molecule has 1 fully saturated rings. The lowest BCUT2D eigenvalue weighted by Crippen LogP contribution is -2.55. The molecule has 0 aliphatic carbocycles. The van der Waals surface area contributed by atoms with E-state index < -0.39 is 31.0 Å². The van der Waals surface area contributed by atoms with Gasteiger partial charge >= 0.3 is 0 Å². The molecule has 0 aromatic heterocycles. The quantitative estimate of drug-likeness (QED) is 0.406. The molecule has 6 heteroatoms. The Balaban J connectivity index is 1.85. The molecular weight excluding hydrogens is 360 g/mol. The molecule has 4 atom stereocenters. The predicted molar refractivity (Wildman–Crippen MR) is 107 cm³/mol. The van der Waals surface area contributed by atoms with Crippen LogP contribution in [0.1, 0.15) is 63.9 Å². The van der Waals surface area contributed by atoms with Crippen LogP contribution in [-0.2, 0) is 4.74 Å². The third-order valence-electron chi connectivity index (χ3n) is 5.19. The number of ether oxygens (including phenoxy) is 2. The van der Waals surface area contributed by atoms with Crippen molar-refractivity contribution in [1.82, 2.24) is 0 Å². The zero-order chi connectivity index (χ0) is 20.4. The van der Waals surface area contributed by atoms with E-state index in [1.807, 2.05) is 6.07 Å². The van der Waals surface area contributed by atoms with Crippen LogP contribution in [-0.4, -0.2) is 58.1 Å². The molecule has 4 N–H and O–H groups in total. The van der Waals surface area contributed by atoms with E-state index in [0.717, 1.165) is 12.8 Å². The summed E-state index contributed by atoms with van der Waals surface area (Å²) in [5, 5.41) is 39.7. The van der Waals surface area contributed by atoms with Crippen LogP contribution in [0.3, 0.4) is 0 Å². The average molecular weight is 396 g/mol. The zero-order valence-corrected chi connectivity index (χ0v) is 16.8. The molecule has 1 aliphatic heterocycles. The van der Waals surface area contributed by atoms with Crippen molar-refractivity contribution < 1.29 is 29.9 Å². The third kappa shape index (κ3) is 6.42. The van der Waals surface area contributed by atoms with E-state index in [9.17, 15) is 20.4 Å². The number of aliphatic hydroxyl groups excluding tert-OH is 4. The maximum absolute atomic E-state index is 10.3. The smallest absolute Gasteiger partial charge is 0.161 e. The Morgan fingerprint density at radius 2 is 1.54 bits per heavy atom. The average Bonchev–Trinajstić information content (AvgIpc) is 2.71. The highest BCUT2D eigenvalue weighted by atomic mass is 16.5. The molecule has 28 heavy (non-hydrogen) atoms. The monoisotopic (exact) mass is 395 g/mol. The number of rotatable bonds is 12. The van der Waals surface area contributed by atoms with Gasteiger partial charge in [-0.25, -0.2) is 0 Å². The molecule has 0 bridgehead atoms. The van der Waals surface area contributed by atoms with Gasteiger partial charge in [-0.2, -0.15) is 0 Å². The standard InChI is InChI=1S/C22H35O6/c1-2-3-4-5-6-7-8-11-14-27-17-13-10-9-12-16(17)22-21(26)20(25)19(24)18(15-23)28-22/h9-10,12-13,18-21,23-26H,2-8,11,14-15H2,1H3/t18-,19-,20+,21+/m1/s1. The normalized spacial score (nSPS) is 25.8. The lowest BCUT2D eigenvalue weighted by molar-refractivity contribution is -0.184. The summed E-state index contributed by atoms with van der Waals surface area (Å²) in [4.78, 5) is 0. The lowest BCUT2D eigenvalue weighted by Gasteiger charge is -2.39. The number of hydrogen-bond donors (Lipinski definition) is 4. The van der Waals surface area contributed by atoms with Crippen molar-refractivity contribution >= 4 is 0 Å². The molecular formula is C22H35O6. The summed E-state index contributed by atoms with van der Waals surface area (Å²) in [5.74, 6) is 0.555. The Bertz CT molecular complexity index is 550. The molecule has 1 saturated heterocycles. The van der Waals surface area contributed by atoms with Gasteiger partial charge in [0.2, 0.25) is 0 Å². The molecule has 1 aromatic rings. The van der Waals surface area contributed by atoms with Gasteiger partial charge in [-0.05, 0) is 12.5 Å². The van der Waals surface area contributed by atoms with Crippen LogP contribution in [0.25, 0.3) is 0 Å². The minimum Gasteiger partial charge on any atom is -0.493 e. The molecule has 0 unspecified atom stereocenters. The summed E-state index contributed by atoms with van der Waals surface area (Å²) in [6.07, 6.45) is 4.67. The summed E-state index contributed by atoms with van der Waals surface area (Å²) >= 11 is 0. The van der Waals surface area contributed by atoms with E-state index in [0.29, 0.717) is 17.9 Å². The topological polar surface area (TPSA) is 99.4 Å². The fraction of sp³-hybridized carbons (Fsp3) is 0.682. The largest absolute Gasteiger partial charge is 0.493 e. The first-order valence-electron chi connectivity index (χ1n) is 10.5. The highest BCUT2D eigenvalue weighted by Crippen LogP contribution is 2.36. The number of hydrogen-bond acceptors (Lipinski definition) is 6. The van der Waals surface area contributed by atoms with Crippen LogP contribution in [0, 0.1) is 6.10 Å². The van der Waals surface area contributed by atoms with E-state index in [1.165, 1.54) is 38.5 Å². The van der Waals surface area contributed by atoms with E-state index in [4.69, 9.17) is 9.47 Å².